The van der Waals surface area contributed by atoms with Crippen molar-refractivity contribution >= 4 is 33.7 Å². The molecule has 6 rings (SSSR count). The number of carbonyl (C=O) groups is 1. The van der Waals surface area contributed by atoms with E-state index in [1.807, 2.05) is 24.3 Å². The topological polar surface area (TPSA) is 111 Å². The van der Waals surface area contributed by atoms with Gasteiger partial charge in [0.1, 0.15) is 11.6 Å². The number of benzene rings is 2. The average Bonchev–Trinajstić information content (AvgIpc) is 3.39. The highest BCUT2D eigenvalue weighted by Crippen LogP contribution is 2.21. The van der Waals surface area contributed by atoms with E-state index in [1.54, 1.807) is 35.5 Å². The monoisotopic (exact) mass is 483 g/mol. The number of pyridine rings is 1. The first-order chi connectivity index (χ1) is 17.6. The van der Waals surface area contributed by atoms with Crippen molar-refractivity contribution in [1.82, 2.24) is 30.0 Å². The first kappa shape index (κ1) is 21.9. The highest BCUT2D eigenvalue weighted by molar-refractivity contribution is 5.95. The minimum atomic E-state index is -0.559. The predicted molar refractivity (Wildman–Crippen MR) is 134 cm³/mol. The van der Waals surface area contributed by atoms with Gasteiger partial charge in [0, 0.05) is 38.0 Å². The van der Waals surface area contributed by atoms with E-state index in [-0.39, 0.29) is 17.0 Å². The molecule has 0 spiro atoms. The maximum absolute atomic E-state index is 14.7. The molecule has 0 atom stereocenters. The number of hydrogen-bond acceptors (Lipinski definition) is 6. The largest absolute Gasteiger partial charge is 0.353 e. The van der Waals surface area contributed by atoms with E-state index in [0.717, 1.165) is 22.3 Å². The zero-order valence-electron chi connectivity index (χ0n) is 19.2. The normalized spacial score (nSPS) is 14.0. The second-order valence-electron chi connectivity index (χ2n) is 8.76. The summed E-state index contributed by atoms with van der Waals surface area (Å²) in [5.74, 6) is -0.101. The summed E-state index contributed by atoms with van der Waals surface area (Å²) in [6.07, 6.45) is 1.96. The average molecular weight is 484 g/mol. The van der Waals surface area contributed by atoms with Crippen molar-refractivity contribution < 1.29 is 9.18 Å². The maximum Gasteiger partial charge on any atom is 0.272 e. The zero-order valence-corrected chi connectivity index (χ0v) is 19.2. The molecule has 1 fully saturated rings. The lowest BCUT2D eigenvalue weighted by Crippen LogP contribution is -2.49. The van der Waals surface area contributed by atoms with Crippen molar-refractivity contribution in [3.63, 3.8) is 0 Å². The maximum atomic E-state index is 14.7. The summed E-state index contributed by atoms with van der Waals surface area (Å²) in [6, 6.07) is 15.6. The van der Waals surface area contributed by atoms with E-state index in [1.165, 1.54) is 6.07 Å². The van der Waals surface area contributed by atoms with E-state index in [4.69, 9.17) is 0 Å². The van der Waals surface area contributed by atoms with Crippen LogP contribution in [0.3, 0.4) is 0 Å². The molecule has 1 amide bonds. The van der Waals surface area contributed by atoms with Crippen LogP contribution in [0.2, 0.25) is 0 Å². The quantitative estimate of drug-likeness (QED) is 0.407. The molecule has 0 aliphatic carbocycles. The van der Waals surface area contributed by atoms with Crippen molar-refractivity contribution in [1.29, 1.82) is 0 Å². The number of aromatic nitrogens is 5. The molecule has 10 heteroatoms. The Morgan fingerprint density at radius 3 is 2.64 bits per heavy atom. The summed E-state index contributed by atoms with van der Waals surface area (Å²) in [5, 5.41) is 7.99. The Morgan fingerprint density at radius 2 is 1.81 bits per heavy atom. The number of anilines is 1. The van der Waals surface area contributed by atoms with Crippen LogP contribution in [0.4, 0.5) is 10.2 Å². The summed E-state index contributed by atoms with van der Waals surface area (Å²) in [6.45, 7) is 2.08. The Bertz CT molecular complexity index is 1650. The van der Waals surface area contributed by atoms with Crippen molar-refractivity contribution in [3.8, 4) is 0 Å². The molecule has 5 aromatic rings. The predicted octanol–water partition coefficient (Wildman–Crippen LogP) is 2.89. The van der Waals surface area contributed by atoms with Gasteiger partial charge < -0.3 is 14.8 Å². The smallest absolute Gasteiger partial charge is 0.272 e. The molecule has 9 nitrogen and oxygen atoms in total. The molecule has 0 saturated carbocycles. The van der Waals surface area contributed by atoms with Gasteiger partial charge in [0.15, 0.2) is 5.65 Å². The van der Waals surface area contributed by atoms with Crippen LogP contribution >= 0.6 is 0 Å². The summed E-state index contributed by atoms with van der Waals surface area (Å²) >= 11 is 0. The van der Waals surface area contributed by atoms with Crippen LogP contribution in [0.5, 0.6) is 0 Å². The van der Waals surface area contributed by atoms with Crippen LogP contribution in [-0.4, -0.2) is 62.1 Å². The van der Waals surface area contributed by atoms with Crippen LogP contribution in [0.1, 0.15) is 21.6 Å². The third-order valence-corrected chi connectivity index (χ3v) is 6.57. The number of carbonyl (C=O) groups excluding carboxylic acids is 1. The van der Waals surface area contributed by atoms with Crippen molar-refractivity contribution in [2.75, 3.05) is 31.1 Å². The third kappa shape index (κ3) is 3.96. The summed E-state index contributed by atoms with van der Waals surface area (Å²) < 4.78 is 14.7. The molecule has 0 unspecified atom stereocenters. The van der Waals surface area contributed by atoms with Crippen LogP contribution in [0.15, 0.2) is 65.7 Å². The minimum Gasteiger partial charge on any atom is -0.353 e. The highest BCUT2D eigenvalue weighted by atomic mass is 19.1. The number of fused-ring (bicyclic) bond motifs is 2. The second kappa shape index (κ2) is 8.88. The van der Waals surface area contributed by atoms with E-state index in [9.17, 15) is 14.0 Å². The van der Waals surface area contributed by atoms with E-state index >= 15 is 0 Å². The van der Waals surface area contributed by atoms with E-state index in [2.05, 4.69) is 30.0 Å². The fraction of sp³-hybridized carbons (Fsp3) is 0.192. The number of nitrogens with one attached hydrogen (secondary N) is 2. The summed E-state index contributed by atoms with van der Waals surface area (Å²) in [5.41, 5.74) is 2.68. The van der Waals surface area contributed by atoms with Crippen LogP contribution < -0.4 is 10.5 Å². The molecule has 2 aromatic carbocycles. The van der Waals surface area contributed by atoms with Crippen molar-refractivity contribution in [2.45, 2.75) is 6.42 Å². The van der Waals surface area contributed by atoms with Gasteiger partial charge in [-0.05, 0) is 35.9 Å². The summed E-state index contributed by atoms with van der Waals surface area (Å²) in [7, 11) is 0. The Hall–Kier alpha value is -4.60. The van der Waals surface area contributed by atoms with Gasteiger partial charge >= 0.3 is 0 Å². The SMILES string of the molecule is O=C(c1cc(Cc2n[nH]c(=O)c3ccccc23)ccc1F)N1CCN(c2ccc3[nH]cnc3n2)CC1. The summed E-state index contributed by atoms with van der Waals surface area (Å²) in [4.78, 5) is 40.9. The lowest BCUT2D eigenvalue weighted by molar-refractivity contribution is 0.0741. The molecular weight excluding hydrogens is 461 g/mol. The van der Waals surface area contributed by atoms with Crippen LogP contribution in [0, 0.1) is 5.82 Å². The number of nitrogens with zero attached hydrogens (tertiary/aromatic N) is 5. The number of H-pyrrole nitrogens is 2. The lowest BCUT2D eigenvalue weighted by Gasteiger charge is -2.35. The van der Waals surface area contributed by atoms with Crippen molar-refractivity contribution in [3.05, 3.63) is 93.9 Å². The molecule has 1 saturated heterocycles. The van der Waals surface area contributed by atoms with Gasteiger partial charge in [-0.3, -0.25) is 9.59 Å². The van der Waals surface area contributed by atoms with Gasteiger partial charge in [0.2, 0.25) is 0 Å². The van der Waals surface area contributed by atoms with Gasteiger partial charge in [-0.25, -0.2) is 19.5 Å². The van der Waals surface area contributed by atoms with Crippen LogP contribution in [-0.2, 0) is 6.42 Å². The number of imidazole rings is 1. The Kier molecular flexibility index (Phi) is 5.40. The number of rotatable bonds is 4. The lowest BCUT2D eigenvalue weighted by atomic mass is 10.0. The molecule has 2 N–H and O–H groups in total. The molecular formula is C26H22FN7O2. The van der Waals surface area contributed by atoms with Gasteiger partial charge in [-0.15, -0.1) is 0 Å². The number of piperazine rings is 1. The molecule has 0 bridgehead atoms. The zero-order chi connectivity index (χ0) is 24.6. The van der Waals surface area contributed by atoms with Gasteiger partial charge in [0.05, 0.1) is 28.5 Å². The molecule has 0 radical (unpaired) electrons. The van der Waals surface area contributed by atoms with Gasteiger partial charge in [-0.1, -0.05) is 24.3 Å². The highest BCUT2D eigenvalue weighted by Gasteiger charge is 2.25. The Morgan fingerprint density at radius 1 is 1.00 bits per heavy atom. The number of amides is 1. The fourth-order valence-electron chi connectivity index (χ4n) is 4.64. The number of aromatic amines is 2. The standard InChI is InChI=1S/C26H22FN7O2/c27-20-6-5-16(14-22-17-3-1-2-4-18(17)25(35)32-31-22)13-19(20)26(36)34-11-9-33(10-12-34)23-8-7-21-24(30-23)29-15-28-21/h1-8,13,15H,9-12,14H2,(H,32,35)(H,28,29,30). The fourth-order valence-corrected chi connectivity index (χ4v) is 4.64. The number of halogens is 1. The molecule has 36 heavy (non-hydrogen) atoms. The Labute approximate surface area is 204 Å². The van der Waals surface area contributed by atoms with Crippen LogP contribution in [0.25, 0.3) is 21.9 Å². The molecule has 3 aromatic heterocycles. The van der Waals surface area contributed by atoms with E-state index in [0.29, 0.717) is 49.3 Å². The molecule has 1 aliphatic heterocycles. The number of hydrogen-bond donors (Lipinski definition) is 2. The molecule has 4 heterocycles. The molecule has 1 aliphatic rings. The minimum absolute atomic E-state index is 0.0331. The van der Waals surface area contributed by atoms with E-state index < -0.39 is 5.82 Å². The molecule has 180 valence electrons. The Balaban J connectivity index is 1.19. The van der Waals surface area contributed by atoms with Gasteiger partial charge in [-0.2, -0.15) is 5.10 Å². The first-order valence-electron chi connectivity index (χ1n) is 11.7. The van der Waals surface area contributed by atoms with Gasteiger partial charge in [0.25, 0.3) is 11.5 Å². The first-order valence-corrected chi connectivity index (χ1v) is 11.7. The third-order valence-electron chi connectivity index (χ3n) is 6.57. The second-order valence-corrected chi connectivity index (χ2v) is 8.76. The van der Waals surface area contributed by atoms with Crippen molar-refractivity contribution in [2.24, 2.45) is 0 Å².